The number of nitrogens with two attached hydrogens (primary N) is 1. The van der Waals surface area contributed by atoms with Gasteiger partial charge in [-0.25, -0.2) is 14.4 Å². The van der Waals surface area contributed by atoms with Gasteiger partial charge in [-0.1, -0.05) is 18.2 Å². The Bertz CT molecular complexity index is 1010. The van der Waals surface area contributed by atoms with Gasteiger partial charge in [-0.2, -0.15) is 5.10 Å². The summed E-state index contributed by atoms with van der Waals surface area (Å²) in [7, 11) is 0. The van der Waals surface area contributed by atoms with E-state index in [1.54, 1.807) is 24.5 Å². The number of fused-ring (bicyclic) bond motifs is 1. The van der Waals surface area contributed by atoms with Crippen LogP contribution in [0.4, 0.5) is 16.2 Å². The van der Waals surface area contributed by atoms with Gasteiger partial charge in [0.05, 0.1) is 5.52 Å². The average molecular weight is 334 g/mol. The van der Waals surface area contributed by atoms with Gasteiger partial charge in [-0.05, 0) is 35.4 Å². The maximum absolute atomic E-state index is 12.9. The predicted octanol–water partition coefficient (Wildman–Crippen LogP) is 3.35. The molecule has 0 unspecified atom stereocenters. The Balaban J connectivity index is 1.49. The fourth-order valence-corrected chi connectivity index (χ4v) is 2.57. The molecule has 2 aromatic heterocycles. The maximum Gasteiger partial charge on any atom is 0.222 e. The highest BCUT2D eigenvalue weighted by Crippen LogP contribution is 2.25. The largest absolute Gasteiger partial charge is 0.382 e. The van der Waals surface area contributed by atoms with Gasteiger partial charge >= 0.3 is 0 Å². The number of nitrogens with zero attached hydrogens (tertiary/aromatic N) is 3. The first kappa shape index (κ1) is 15.1. The summed E-state index contributed by atoms with van der Waals surface area (Å²) in [5, 5.41) is 10.9. The predicted molar refractivity (Wildman–Crippen MR) is 95.3 cm³/mol. The van der Waals surface area contributed by atoms with Crippen molar-refractivity contribution in [3.63, 3.8) is 0 Å². The van der Waals surface area contributed by atoms with Crippen molar-refractivity contribution in [3.05, 3.63) is 66.2 Å². The van der Waals surface area contributed by atoms with Crippen LogP contribution in [0.15, 0.2) is 54.9 Å². The molecule has 25 heavy (non-hydrogen) atoms. The Labute approximate surface area is 142 Å². The molecule has 124 valence electrons. The Hall–Kier alpha value is -3.48. The van der Waals surface area contributed by atoms with E-state index in [0.717, 1.165) is 27.6 Å². The molecule has 0 aliphatic heterocycles. The van der Waals surface area contributed by atoms with Gasteiger partial charge in [0.25, 0.3) is 0 Å². The number of H-pyrrole nitrogens is 1. The van der Waals surface area contributed by atoms with Crippen molar-refractivity contribution in [1.82, 2.24) is 20.2 Å². The van der Waals surface area contributed by atoms with Crippen molar-refractivity contribution in [3.8, 4) is 11.1 Å². The highest BCUT2D eigenvalue weighted by Gasteiger charge is 2.06. The van der Waals surface area contributed by atoms with Crippen LogP contribution >= 0.6 is 0 Å². The lowest BCUT2D eigenvalue weighted by molar-refractivity contribution is 0.627. The van der Waals surface area contributed by atoms with Crippen LogP contribution in [0.25, 0.3) is 22.0 Å². The molecular weight excluding hydrogens is 319 g/mol. The number of hydrogen-bond acceptors (Lipinski definition) is 5. The molecule has 6 nitrogen and oxygen atoms in total. The topological polar surface area (TPSA) is 92.5 Å². The van der Waals surface area contributed by atoms with Crippen molar-refractivity contribution in [2.24, 2.45) is 0 Å². The summed E-state index contributed by atoms with van der Waals surface area (Å²) < 4.78 is 12.9. The molecule has 0 saturated heterocycles. The van der Waals surface area contributed by atoms with Gasteiger partial charge in [0.1, 0.15) is 5.82 Å². The lowest BCUT2D eigenvalue weighted by Gasteiger charge is -2.06. The molecule has 0 saturated carbocycles. The van der Waals surface area contributed by atoms with E-state index in [2.05, 4.69) is 25.5 Å². The Morgan fingerprint density at radius 2 is 1.76 bits per heavy atom. The van der Waals surface area contributed by atoms with E-state index in [4.69, 9.17) is 5.73 Å². The first-order valence-corrected chi connectivity index (χ1v) is 7.73. The number of nitrogen functional groups attached to an aromatic ring is 1. The average Bonchev–Trinajstić information content (AvgIpc) is 3.02. The second-order valence-electron chi connectivity index (χ2n) is 5.64. The number of aromatic amines is 1. The van der Waals surface area contributed by atoms with E-state index in [0.29, 0.717) is 18.3 Å². The summed E-state index contributed by atoms with van der Waals surface area (Å²) in [4.78, 5) is 8.65. The first-order chi connectivity index (χ1) is 12.2. The van der Waals surface area contributed by atoms with Crippen LogP contribution in [-0.4, -0.2) is 20.2 Å². The summed E-state index contributed by atoms with van der Waals surface area (Å²) in [6.07, 6.45) is 3.50. The molecular formula is C18H15FN6. The van der Waals surface area contributed by atoms with Gasteiger partial charge in [0.15, 0.2) is 5.82 Å². The summed E-state index contributed by atoms with van der Waals surface area (Å²) in [6, 6.07) is 12.1. The van der Waals surface area contributed by atoms with Gasteiger partial charge in [0, 0.05) is 29.9 Å². The van der Waals surface area contributed by atoms with Crippen LogP contribution in [0, 0.1) is 5.82 Å². The van der Waals surface area contributed by atoms with E-state index in [1.165, 1.54) is 12.1 Å². The van der Waals surface area contributed by atoms with E-state index in [1.807, 2.05) is 18.2 Å². The van der Waals surface area contributed by atoms with Gasteiger partial charge in [-0.15, -0.1) is 0 Å². The third-order valence-corrected chi connectivity index (χ3v) is 3.94. The van der Waals surface area contributed by atoms with E-state index < -0.39 is 0 Å². The summed E-state index contributed by atoms with van der Waals surface area (Å²) in [6.45, 7) is 0.527. The van der Waals surface area contributed by atoms with Crippen LogP contribution in [0.2, 0.25) is 0 Å². The SMILES string of the molecule is Nc1n[nH]c2cc(-c3cnc(NCc4ccc(F)cc4)nc3)ccc12. The molecule has 2 aromatic carbocycles. The molecule has 4 N–H and O–H groups in total. The molecule has 0 atom stereocenters. The molecule has 0 bridgehead atoms. The second kappa shape index (κ2) is 6.20. The minimum atomic E-state index is -0.250. The molecule has 0 aliphatic rings. The summed E-state index contributed by atoms with van der Waals surface area (Å²) in [5.41, 5.74) is 9.47. The Morgan fingerprint density at radius 1 is 1.00 bits per heavy atom. The molecule has 0 radical (unpaired) electrons. The normalized spacial score (nSPS) is 10.9. The minimum Gasteiger partial charge on any atom is -0.382 e. The van der Waals surface area contributed by atoms with Crippen molar-refractivity contribution >= 4 is 22.7 Å². The summed E-state index contributed by atoms with van der Waals surface area (Å²) >= 11 is 0. The first-order valence-electron chi connectivity index (χ1n) is 7.73. The highest BCUT2D eigenvalue weighted by atomic mass is 19.1. The van der Waals surface area contributed by atoms with Crippen LogP contribution in [0.3, 0.4) is 0 Å². The standard InChI is InChI=1S/C18H15FN6/c19-14-4-1-11(2-5-14)8-21-18-22-9-13(10-23-18)12-3-6-15-16(7-12)24-25-17(15)20/h1-7,9-10H,8H2,(H3,20,24,25)(H,21,22,23). The van der Waals surface area contributed by atoms with E-state index in [-0.39, 0.29) is 5.82 Å². The molecule has 7 heteroatoms. The number of rotatable bonds is 4. The fourth-order valence-electron chi connectivity index (χ4n) is 2.57. The number of halogens is 1. The lowest BCUT2D eigenvalue weighted by atomic mass is 10.1. The highest BCUT2D eigenvalue weighted by molar-refractivity contribution is 5.91. The molecule has 4 aromatic rings. The molecule has 4 rings (SSSR count). The number of nitrogens with one attached hydrogen (secondary N) is 2. The number of anilines is 2. The van der Waals surface area contributed by atoms with Gasteiger partial charge < -0.3 is 11.1 Å². The zero-order chi connectivity index (χ0) is 17.2. The van der Waals surface area contributed by atoms with E-state index in [9.17, 15) is 4.39 Å². The van der Waals surface area contributed by atoms with E-state index >= 15 is 0 Å². The van der Waals surface area contributed by atoms with Gasteiger partial charge in [0.2, 0.25) is 5.95 Å². The van der Waals surface area contributed by atoms with Crippen molar-refractivity contribution in [2.75, 3.05) is 11.1 Å². The van der Waals surface area contributed by atoms with Crippen LogP contribution in [0.5, 0.6) is 0 Å². The minimum absolute atomic E-state index is 0.250. The zero-order valence-corrected chi connectivity index (χ0v) is 13.2. The molecule has 0 amide bonds. The molecule has 0 fully saturated rings. The van der Waals surface area contributed by atoms with Crippen molar-refractivity contribution in [2.45, 2.75) is 6.54 Å². The monoisotopic (exact) mass is 334 g/mol. The van der Waals surface area contributed by atoms with Crippen LogP contribution < -0.4 is 11.1 Å². The lowest BCUT2D eigenvalue weighted by Crippen LogP contribution is -2.03. The smallest absolute Gasteiger partial charge is 0.222 e. The third-order valence-electron chi connectivity index (χ3n) is 3.94. The molecule has 2 heterocycles. The van der Waals surface area contributed by atoms with Crippen LogP contribution in [0.1, 0.15) is 5.56 Å². The molecule has 0 aliphatic carbocycles. The molecule has 0 spiro atoms. The summed E-state index contributed by atoms with van der Waals surface area (Å²) in [5.74, 6) is 0.749. The van der Waals surface area contributed by atoms with Crippen molar-refractivity contribution in [1.29, 1.82) is 0 Å². The van der Waals surface area contributed by atoms with Crippen LogP contribution in [-0.2, 0) is 6.54 Å². The maximum atomic E-state index is 12.9. The second-order valence-corrected chi connectivity index (χ2v) is 5.64. The quantitative estimate of drug-likeness (QED) is 0.532. The number of aromatic nitrogens is 4. The van der Waals surface area contributed by atoms with Gasteiger partial charge in [-0.3, -0.25) is 5.10 Å². The number of hydrogen-bond donors (Lipinski definition) is 3. The third kappa shape index (κ3) is 3.12. The zero-order valence-electron chi connectivity index (χ0n) is 13.2. The Morgan fingerprint density at radius 3 is 2.52 bits per heavy atom. The Kier molecular flexibility index (Phi) is 3.74. The fraction of sp³-hybridized carbons (Fsp3) is 0.0556. The number of benzene rings is 2. The van der Waals surface area contributed by atoms with Crippen molar-refractivity contribution < 1.29 is 4.39 Å².